The Labute approximate surface area is 122 Å². The fourth-order valence-electron chi connectivity index (χ4n) is 2.99. The van der Waals surface area contributed by atoms with Crippen LogP contribution in [0.25, 0.3) is 0 Å². The first kappa shape index (κ1) is 15.0. The molecule has 1 aromatic carbocycles. The van der Waals surface area contributed by atoms with Crippen molar-refractivity contribution in [2.24, 2.45) is 0 Å². The molecule has 0 radical (unpaired) electrons. The Balaban J connectivity index is 1.96. The highest BCUT2D eigenvalue weighted by atomic mass is 16.2. The summed E-state index contributed by atoms with van der Waals surface area (Å²) < 4.78 is 0. The second kappa shape index (κ2) is 6.89. The number of nitrogens with zero attached hydrogens (tertiary/aromatic N) is 1. The second-order valence-corrected chi connectivity index (χ2v) is 5.82. The number of rotatable bonds is 4. The Kier molecular flexibility index (Phi) is 5.18. The third-order valence-electron chi connectivity index (χ3n) is 4.45. The van der Waals surface area contributed by atoms with Crippen molar-refractivity contribution in [2.45, 2.75) is 52.5 Å². The summed E-state index contributed by atoms with van der Waals surface area (Å²) in [7, 11) is 0. The molecule has 3 heteroatoms. The minimum atomic E-state index is 0.110. The molecule has 1 N–H and O–H groups in total. The molecule has 0 saturated carbocycles. The smallest absolute Gasteiger partial charge is 0.238 e. The van der Waals surface area contributed by atoms with Gasteiger partial charge >= 0.3 is 0 Å². The van der Waals surface area contributed by atoms with Crippen molar-refractivity contribution in [3.05, 3.63) is 29.3 Å². The van der Waals surface area contributed by atoms with E-state index in [-0.39, 0.29) is 5.91 Å². The largest absolute Gasteiger partial charge is 0.325 e. The SMILES string of the molecule is CCC1CCCCN1CC(=O)Nc1cccc(C)c1C. The molecule has 1 saturated heterocycles. The lowest BCUT2D eigenvalue weighted by Gasteiger charge is -2.34. The molecule has 1 unspecified atom stereocenters. The molecule has 110 valence electrons. The minimum absolute atomic E-state index is 0.110. The Morgan fingerprint density at radius 1 is 1.35 bits per heavy atom. The van der Waals surface area contributed by atoms with E-state index in [9.17, 15) is 4.79 Å². The van der Waals surface area contributed by atoms with Crippen LogP contribution in [0.5, 0.6) is 0 Å². The zero-order chi connectivity index (χ0) is 14.5. The highest BCUT2D eigenvalue weighted by Gasteiger charge is 2.22. The van der Waals surface area contributed by atoms with E-state index < -0.39 is 0 Å². The van der Waals surface area contributed by atoms with Gasteiger partial charge in [-0.05, 0) is 56.8 Å². The molecule has 1 aliphatic rings. The highest BCUT2D eigenvalue weighted by molar-refractivity contribution is 5.93. The van der Waals surface area contributed by atoms with Gasteiger partial charge in [-0.15, -0.1) is 0 Å². The topological polar surface area (TPSA) is 32.3 Å². The van der Waals surface area contributed by atoms with E-state index in [1.807, 2.05) is 12.1 Å². The van der Waals surface area contributed by atoms with Gasteiger partial charge in [-0.25, -0.2) is 0 Å². The fraction of sp³-hybridized carbons (Fsp3) is 0.588. The molecule has 0 aromatic heterocycles. The first-order valence-electron chi connectivity index (χ1n) is 7.72. The van der Waals surface area contributed by atoms with Gasteiger partial charge in [-0.2, -0.15) is 0 Å². The van der Waals surface area contributed by atoms with Gasteiger partial charge in [-0.1, -0.05) is 25.5 Å². The average Bonchev–Trinajstić information content (AvgIpc) is 2.44. The third-order valence-corrected chi connectivity index (χ3v) is 4.45. The van der Waals surface area contributed by atoms with Crippen LogP contribution >= 0.6 is 0 Å². The summed E-state index contributed by atoms with van der Waals surface area (Å²) in [5.41, 5.74) is 3.32. The van der Waals surface area contributed by atoms with Crippen LogP contribution in [0.3, 0.4) is 0 Å². The molecule has 0 bridgehead atoms. The molecule has 0 spiro atoms. The van der Waals surface area contributed by atoms with Crippen LogP contribution in [0.2, 0.25) is 0 Å². The van der Waals surface area contributed by atoms with E-state index in [1.54, 1.807) is 0 Å². The standard InChI is InChI=1S/C17H26N2O/c1-4-15-9-5-6-11-19(15)12-17(20)18-16-10-7-8-13(2)14(16)3/h7-8,10,15H,4-6,9,11-12H2,1-3H3,(H,18,20). The molecule has 1 aliphatic heterocycles. The van der Waals surface area contributed by atoms with Crippen molar-refractivity contribution in [3.63, 3.8) is 0 Å². The summed E-state index contributed by atoms with van der Waals surface area (Å²) in [4.78, 5) is 14.6. The maximum Gasteiger partial charge on any atom is 0.238 e. The number of likely N-dealkylation sites (tertiary alicyclic amines) is 1. The van der Waals surface area contributed by atoms with Crippen LogP contribution in [-0.4, -0.2) is 29.9 Å². The number of carbonyl (C=O) groups excluding carboxylic acids is 1. The lowest BCUT2D eigenvalue weighted by atomic mass is 10.00. The summed E-state index contributed by atoms with van der Waals surface area (Å²) in [6.07, 6.45) is 4.88. The molecule has 20 heavy (non-hydrogen) atoms. The van der Waals surface area contributed by atoms with Crippen LogP contribution in [0, 0.1) is 13.8 Å². The molecule has 1 heterocycles. The summed E-state index contributed by atoms with van der Waals surface area (Å²) in [5, 5.41) is 3.06. The fourth-order valence-corrected chi connectivity index (χ4v) is 2.99. The van der Waals surface area contributed by atoms with Crippen molar-refractivity contribution >= 4 is 11.6 Å². The maximum atomic E-state index is 12.3. The molecule has 1 amide bonds. The quantitative estimate of drug-likeness (QED) is 0.911. The van der Waals surface area contributed by atoms with Gasteiger partial charge in [0, 0.05) is 11.7 Å². The summed E-state index contributed by atoms with van der Waals surface area (Å²) in [6, 6.07) is 6.62. The molecule has 1 fully saturated rings. The minimum Gasteiger partial charge on any atom is -0.325 e. The van der Waals surface area contributed by atoms with Gasteiger partial charge in [-0.3, -0.25) is 9.69 Å². The second-order valence-electron chi connectivity index (χ2n) is 5.82. The van der Waals surface area contributed by atoms with Crippen molar-refractivity contribution in [3.8, 4) is 0 Å². The Bertz CT molecular complexity index is 470. The molecule has 1 aromatic rings. The number of nitrogens with one attached hydrogen (secondary N) is 1. The molecule has 3 nitrogen and oxygen atoms in total. The van der Waals surface area contributed by atoms with Crippen LogP contribution < -0.4 is 5.32 Å². The number of hydrogen-bond donors (Lipinski definition) is 1. The number of aryl methyl sites for hydroxylation is 1. The van der Waals surface area contributed by atoms with E-state index in [2.05, 4.69) is 37.1 Å². The molecular weight excluding hydrogens is 248 g/mol. The van der Waals surface area contributed by atoms with E-state index in [0.29, 0.717) is 12.6 Å². The molecule has 0 aliphatic carbocycles. The van der Waals surface area contributed by atoms with Crippen molar-refractivity contribution < 1.29 is 4.79 Å². The van der Waals surface area contributed by atoms with E-state index in [4.69, 9.17) is 0 Å². The van der Waals surface area contributed by atoms with Crippen molar-refractivity contribution in [2.75, 3.05) is 18.4 Å². The third kappa shape index (κ3) is 3.60. The lowest BCUT2D eigenvalue weighted by Crippen LogP contribution is -2.43. The molecule has 1 atom stereocenters. The number of piperidine rings is 1. The summed E-state index contributed by atoms with van der Waals surface area (Å²) in [5.74, 6) is 0.110. The van der Waals surface area contributed by atoms with Gasteiger partial charge < -0.3 is 5.32 Å². The van der Waals surface area contributed by atoms with Gasteiger partial charge in [0.15, 0.2) is 0 Å². The van der Waals surface area contributed by atoms with Crippen molar-refractivity contribution in [1.82, 2.24) is 4.90 Å². The number of benzene rings is 1. The summed E-state index contributed by atoms with van der Waals surface area (Å²) in [6.45, 7) is 7.92. The van der Waals surface area contributed by atoms with Crippen molar-refractivity contribution in [1.29, 1.82) is 0 Å². The van der Waals surface area contributed by atoms with Crippen LogP contribution in [0.1, 0.15) is 43.7 Å². The Hall–Kier alpha value is -1.35. The van der Waals surface area contributed by atoms with E-state index in [1.165, 1.54) is 24.8 Å². The maximum absolute atomic E-state index is 12.3. The predicted octanol–water partition coefficient (Wildman–Crippen LogP) is 3.51. The van der Waals surface area contributed by atoms with Gasteiger partial charge in [0.05, 0.1) is 6.54 Å². The molecule has 2 rings (SSSR count). The Morgan fingerprint density at radius 3 is 2.90 bits per heavy atom. The van der Waals surface area contributed by atoms with Gasteiger partial charge in [0.25, 0.3) is 0 Å². The summed E-state index contributed by atoms with van der Waals surface area (Å²) >= 11 is 0. The molecular formula is C17H26N2O. The Morgan fingerprint density at radius 2 is 2.15 bits per heavy atom. The number of anilines is 1. The highest BCUT2D eigenvalue weighted by Crippen LogP contribution is 2.20. The van der Waals surface area contributed by atoms with Crippen LogP contribution in [0.4, 0.5) is 5.69 Å². The van der Waals surface area contributed by atoms with E-state index >= 15 is 0 Å². The lowest BCUT2D eigenvalue weighted by molar-refractivity contribution is -0.118. The number of hydrogen-bond acceptors (Lipinski definition) is 2. The van der Waals surface area contributed by atoms with Crippen LogP contribution in [0.15, 0.2) is 18.2 Å². The monoisotopic (exact) mass is 274 g/mol. The normalized spacial score (nSPS) is 19.9. The van der Waals surface area contributed by atoms with Gasteiger partial charge in [0.2, 0.25) is 5.91 Å². The first-order valence-corrected chi connectivity index (χ1v) is 7.72. The van der Waals surface area contributed by atoms with Crippen LogP contribution in [-0.2, 0) is 4.79 Å². The number of amides is 1. The van der Waals surface area contributed by atoms with Gasteiger partial charge in [0.1, 0.15) is 0 Å². The number of carbonyl (C=O) groups is 1. The average molecular weight is 274 g/mol. The van der Waals surface area contributed by atoms with E-state index in [0.717, 1.165) is 24.2 Å². The zero-order valence-corrected chi connectivity index (χ0v) is 12.9. The first-order chi connectivity index (χ1) is 9.61. The zero-order valence-electron chi connectivity index (χ0n) is 12.9. The predicted molar refractivity (Wildman–Crippen MR) is 84.0 cm³/mol.